The Bertz CT molecular complexity index is 337. The average molecular weight is 252 g/mol. The van der Waals surface area contributed by atoms with Crippen molar-refractivity contribution >= 4 is 0 Å². The molecule has 1 aromatic carbocycles. The van der Waals surface area contributed by atoms with E-state index in [2.05, 4.69) is 6.92 Å². The van der Waals surface area contributed by atoms with Gasteiger partial charge in [0.05, 0.1) is 20.3 Å². The lowest BCUT2D eigenvalue weighted by Gasteiger charge is -2.11. The van der Waals surface area contributed by atoms with Crippen molar-refractivity contribution in [3.05, 3.63) is 23.8 Å². The van der Waals surface area contributed by atoms with E-state index in [1.165, 1.54) is 25.7 Å². The lowest BCUT2D eigenvalue weighted by Crippen LogP contribution is -2.00. The van der Waals surface area contributed by atoms with Gasteiger partial charge < -0.3 is 14.6 Å². The van der Waals surface area contributed by atoms with Gasteiger partial charge in [0.1, 0.15) is 0 Å². The molecule has 3 heteroatoms. The molecule has 0 spiro atoms. The Morgan fingerprint density at radius 2 is 1.83 bits per heavy atom. The summed E-state index contributed by atoms with van der Waals surface area (Å²) in [7, 11) is 1.63. The number of benzene rings is 1. The third-order valence-corrected chi connectivity index (χ3v) is 2.92. The first kappa shape index (κ1) is 14.8. The number of unbranched alkanes of at least 4 members (excludes halogenated alkanes) is 4. The van der Waals surface area contributed by atoms with Gasteiger partial charge in [-0.2, -0.15) is 0 Å². The van der Waals surface area contributed by atoms with Gasteiger partial charge in [-0.05, 0) is 24.1 Å². The summed E-state index contributed by atoms with van der Waals surface area (Å²) in [5, 5.41) is 9.10. The third kappa shape index (κ3) is 4.96. The second-order valence-electron chi connectivity index (χ2n) is 4.41. The minimum Gasteiger partial charge on any atom is -0.493 e. The highest BCUT2D eigenvalue weighted by atomic mass is 16.5. The Labute approximate surface area is 110 Å². The van der Waals surface area contributed by atoms with Crippen molar-refractivity contribution in [1.82, 2.24) is 0 Å². The molecule has 1 aromatic rings. The summed E-state index contributed by atoms with van der Waals surface area (Å²) in [6.45, 7) is 2.94. The predicted octanol–water partition coefficient (Wildman–Crippen LogP) is 3.54. The Morgan fingerprint density at radius 1 is 1.06 bits per heavy atom. The summed E-state index contributed by atoms with van der Waals surface area (Å²) in [6.07, 6.45) is 6.09. The van der Waals surface area contributed by atoms with Crippen LogP contribution in [0.1, 0.15) is 44.6 Å². The van der Waals surface area contributed by atoms with Crippen molar-refractivity contribution in [3.8, 4) is 11.5 Å². The molecule has 18 heavy (non-hydrogen) atoms. The van der Waals surface area contributed by atoms with Crippen molar-refractivity contribution < 1.29 is 14.6 Å². The maximum atomic E-state index is 9.10. The lowest BCUT2D eigenvalue weighted by molar-refractivity contribution is 0.272. The summed E-state index contributed by atoms with van der Waals surface area (Å²) in [6, 6.07) is 5.51. The van der Waals surface area contributed by atoms with Crippen molar-refractivity contribution in [2.24, 2.45) is 0 Å². The first-order valence-electron chi connectivity index (χ1n) is 6.72. The van der Waals surface area contributed by atoms with E-state index in [9.17, 15) is 0 Å². The summed E-state index contributed by atoms with van der Waals surface area (Å²) in [4.78, 5) is 0. The molecule has 0 saturated carbocycles. The van der Waals surface area contributed by atoms with Crippen LogP contribution in [-0.2, 0) is 6.61 Å². The minimum absolute atomic E-state index is 0.0247. The van der Waals surface area contributed by atoms with E-state index in [-0.39, 0.29) is 6.61 Å². The second kappa shape index (κ2) is 8.81. The van der Waals surface area contributed by atoms with Crippen molar-refractivity contribution in [3.63, 3.8) is 0 Å². The van der Waals surface area contributed by atoms with Crippen LogP contribution in [0.3, 0.4) is 0 Å². The molecule has 0 radical (unpaired) electrons. The first-order valence-corrected chi connectivity index (χ1v) is 6.72. The number of rotatable bonds is 9. The van der Waals surface area contributed by atoms with E-state index >= 15 is 0 Å². The summed E-state index contributed by atoms with van der Waals surface area (Å²) in [5.74, 6) is 1.44. The van der Waals surface area contributed by atoms with Gasteiger partial charge in [0, 0.05) is 0 Å². The molecule has 0 aliphatic heterocycles. The highest BCUT2D eigenvalue weighted by Crippen LogP contribution is 2.28. The number of methoxy groups -OCH3 is 1. The normalized spacial score (nSPS) is 10.4. The van der Waals surface area contributed by atoms with Gasteiger partial charge in [-0.25, -0.2) is 0 Å². The number of hydrogen-bond donors (Lipinski definition) is 1. The largest absolute Gasteiger partial charge is 0.493 e. The monoisotopic (exact) mass is 252 g/mol. The molecule has 3 nitrogen and oxygen atoms in total. The smallest absolute Gasteiger partial charge is 0.161 e. The Morgan fingerprint density at radius 3 is 2.50 bits per heavy atom. The van der Waals surface area contributed by atoms with E-state index in [1.807, 2.05) is 18.2 Å². The Balaban J connectivity index is 2.39. The Kier molecular flexibility index (Phi) is 7.26. The van der Waals surface area contributed by atoms with Crippen LogP contribution >= 0.6 is 0 Å². The topological polar surface area (TPSA) is 38.7 Å². The van der Waals surface area contributed by atoms with E-state index in [0.29, 0.717) is 6.61 Å². The third-order valence-electron chi connectivity index (χ3n) is 2.92. The van der Waals surface area contributed by atoms with Crippen molar-refractivity contribution in [2.75, 3.05) is 13.7 Å². The van der Waals surface area contributed by atoms with Gasteiger partial charge in [-0.15, -0.1) is 0 Å². The standard InChI is InChI=1S/C15H24O3/c1-3-4-5-6-7-10-18-15-11-13(12-16)8-9-14(15)17-2/h8-9,11,16H,3-7,10,12H2,1-2H3. The van der Waals surface area contributed by atoms with Crippen LogP contribution in [-0.4, -0.2) is 18.8 Å². The minimum atomic E-state index is 0.0247. The Hall–Kier alpha value is -1.22. The maximum absolute atomic E-state index is 9.10. The fourth-order valence-electron chi connectivity index (χ4n) is 1.82. The molecule has 0 saturated heterocycles. The molecule has 0 unspecified atom stereocenters. The van der Waals surface area contributed by atoms with Crippen LogP contribution in [0.25, 0.3) is 0 Å². The molecule has 0 heterocycles. The van der Waals surface area contributed by atoms with Crippen LogP contribution in [0.5, 0.6) is 11.5 Å². The van der Waals surface area contributed by atoms with Crippen LogP contribution in [0.4, 0.5) is 0 Å². The van der Waals surface area contributed by atoms with E-state index in [1.54, 1.807) is 7.11 Å². The summed E-state index contributed by atoms with van der Waals surface area (Å²) in [5.41, 5.74) is 0.844. The average Bonchev–Trinajstić information content (AvgIpc) is 2.42. The molecule has 0 bridgehead atoms. The lowest BCUT2D eigenvalue weighted by atomic mass is 10.2. The molecule has 0 aromatic heterocycles. The predicted molar refractivity (Wildman–Crippen MR) is 73.2 cm³/mol. The van der Waals surface area contributed by atoms with Crippen LogP contribution in [0.15, 0.2) is 18.2 Å². The van der Waals surface area contributed by atoms with Gasteiger partial charge in [0.2, 0.25) is 0 Å². The van der Waals surface area contributed by atoms with E-state index in [0.717, 1.165) is 23.5 Å². The molecule has 1 N–H and O–H groups in total. The summed E-state index contributed by atoms with van der Waals surface area (Å²) < 4.78 is 10.9. The van der Waals surface area contributed by atoms with Crippen LogP contribution in [0, 0.1) is 0 Å². The quantitative estimate of drug-likeness (QED) is 0.683. The molecule has 0 aliphatic rings. The second-order valence-corrected chi connectivity index (χ2v) is 4.41. The zero-order valence-electron chi connectivity index (χ0n) is 11.4. The maximum Gasteiger partial charge on any atom is 0.161 e. The highest BCUT2D eigenvalue weighted by molar-refractivity contribution is 5.42. The molecular formula is C15H24O3. The van der Waals surface area contributed by atoms with Gasteiger partial charge in [-0.3, -0.25) is 0 Å². The summed E-state index contributed by atoms with van der Waals surface area (Å²) >= 11 is 0. The van der Waals surface area contributed by atoms with Crippen molar-refractivity contribution in [1.29, 1.82) is 0 Å². The van der Waals surface area contributed by atoms with Gasteiger partial charge in [0.15, 0.2) is 11.5 Å². The number of aliphatic hydroxyl groups excluding tert-OH is 1. The molecule has 0 aliphatic carbocycles. The molecule has 1 rings (SSSR count). The molecular weight excluding hydrogens is 228 g/mol. The molecule has 0 atom stereocenters. The van der Waals surface area contributed by atoms with Crippen LogP contribution < -0.4 is 9.47 Å². The molecule has 0 fully saturated rings. The SMILES string of the molecule is CCCCCCCOc1cc(CO)ccc1OC. The molecule has 0 amide bonds. The van der Waals surface area contributed by atoms with E-state index < -0.39 is 0 Å². The zero-order valence-corrected chi connectivity index (χ0v) is 11.4. The fraction of sp³-hybridized carbons (Fsp3) is 0.600. The number of ether oxygens (including phenoxy) is 2. The number of aliphatic hydroxyl groups is 1. The molecule has 102 valence electrons. The fourth-order valence-corrected chi connectivity index (χ4v) is 1.82. The number of hydrogen-bond acceptors (Lipinski definition) is 3. The van der Waals surface area contributed by atoms with Crippen molar-refractivity contribution in [2.45, 2.75) is 45.6 Å². The van der Waals surface area contributed by atoms with Crippen LogP contribution in [0.2, 0.25) is 0 Å². The van der Waals surface area contributed by atoms with Gasteiger partial charge in [-0.1, -0.05) is 38.7 Å². The van der Waals surface area contributed by atoms with Gasteiger partial charge >= 0.3 is 0 Å². The highest BCUT2D eigenvalue weighted by Gasteiger charge is 2.05. The van der Waals surface area contributed by atoms with Gasteiger partial charge in [0.25, 0.3) is 0 Å². The zero-order chi connectivity index (χ0) is 13.2. The first-order chi connectivity index (χ1) is 8.81. The van der Waals surface area contributed by atoms with E-state index in [4.69, 9.17) is 14.6 Å².